The lowest BCUT2D eigenvalue weighted by Gasteiger charge is -2.02. The Labute approximate surface area is 150 Å². The molecule has 3 aromatic rings. The monoisotopic (exact) mass is 352 g/mol. The summed E-state index contributed by atoms with van der Waals surface area (Å²) >= 11 is 1.47. The van der Waals surface area contributed by atoms with Crippen molar-refractivity contribution in [1.29, 1.82) is 0 Å². The van der Waals surface area contributed by atoms with Gasteiger partial charge in [0.05, 0.1) is 16.8 Å². The highest BCUT2D eigenvalue weighted by molar-refractivity contribution is 7.16. The van der Waals surface area contributed by atoms with Crippen molar-refractivity contribution in [3.8, 4) is 12.3 Å². The third kappa shape index (κ3) is 3.42. The first-order chi connectivity index (χ1) is 12.0. The first kappa shape index (κ1) is 17.2. The van der Waals surface area contributed by atoms with Crippen molar-refractivity contribution in [3.05, 3.63) is 46.5 Å². The Morgan fingerprint density at radius 1 is 1.40 bits per heavy atom. The van der Waals surface area contributed by atoms with Gasteiger partial charge in [-0.15, -0.1) is 6.42 Å². The Hall–Kier alpha value is -2.65. The Morgan fingerprint density at radius 3 is 2.84 bits per heavy atom. The molecule has 3 rings (SSSR count). The molecule has 128 valence electrons. The highest BCUT2D eigenvalue weighted by atomic mass is 32.1. The van der Waals surface area contributed by atoms with E-state index in [9.17, 15) is 4.79 Å². The number of carbonyl (C=O) groups excluding carboxylic acids is 1. The Bertz CT molecular complexity index is 1030. The zero-order valence-electron chi connectivity index (χ0n) is 14.6. The number of aromatic nitrogens is 3. The van der Waals surface area contributed by atoms with E-state index >= 15 is 0 Å². The molecule has 25 heavy (non-hydrogen) atoms. The molecule has 0 atom stereocenters. The summed E-state index contributed by atoms with van der Waals surface area (Å²) in [4.78, 5) is 17.4. The Morgan fingerprint density at radius 2 is 2.20 bits per heavy atom. The van der Waals surface area contributed by atoms with Crippen LogP contribution in [-0.2, 0) is 13.0 Å². The van der Waals surface area contributed by atoms with Crippen molar-refractivity contribution in [3.63, 3.8) is 0 Å². The van der Waals surface area contributed by atoms with Gasteiger partial charge in [-0.25, -0.2) is 0 Å². The fourth-order valence-electron chi connectivity index (χ4n) is 2.55. The van der Waals surface area contributed by atoms with Crippen molar-refractivity contribution < 1.29 is 4.79 Å². The largest absolute Gasteiger partial charge is 0.305 e. The van der Waals surface area contributed by atoms with Gasteiger partial charge in [0, 0.05) is 12.2 Å². The summed E-state index contributed by atoms with van der Waals surface area (Å²) in [5, 5.41) is 4.29. The molecule has 1 amide bonds. The quantitative estimate of drug-likeness (QED) is 0.676. The predicted octanol–water partition coefficient (Wildman–Crippen LogP) is 3.42. The van der Waals surface area contributed by atoms with Crippen molar-refractivity contribution in [2.75, 3.05) is 0 Å². The minimum atomic E-state index is -0.354. The molecular formula is C19H20N4OS. The minimum Gasteiger partial charge on any atom is -0.305 e. The number of thiazole rings is 1. The molecule has 0 saturated carbocycles. The first-order valence-electron chi connectivity index (χ1n) is 8.23. The van der Waals surface area contributed by atoms with Crippen molar-refractivity contribution >= 4 is 27.5 Å². The number of amides is 1. The van der Waals surface area contributed by atoms with E-state index in [1.54, 1.807) is 16.9 Å². The predicted molar refractivity (Wildman–Crippen MR) is 101 cm³/mol. The molecule has 2 heterocycles. The average molecular weight is 352 g/mol. The fourth-order valence-corrected chi connectivity index (χ4v) is 3.64. The number of aryl methyl sites for hydroxylation is 1. The number of rotatable bonds is 4. The van der Waals surface area contributed by atoms with E-state index in [0.717, 1.165) is 16.6 Å². The highest BCUT2D eigenvalue weighted by Gasteiger charge is 2.12. The third-order valence-corrected chi connectivity index (χ3v) is 5.00. The van der Waals surface area contributed by atoms with Gasteiger partial charge in [0.25, 0.3) is 5.91 Å². The lowest BCUT2D eigenvalue weighted by Crippen LogP contribution is -2.16. The Balaban J connectivity index is 2.09. The first-order valence-corrected chi connectivity index (χ1v) is 9.05. The highest BCUT2D eigenvalue weighted by Crippen LogP contribution is 2.19. The van der Waals surface area contributed by atoms with Crippen LogP contribution in [0.5, 0.6) is 0 Å². The second-order valence-electron chi connectivity index (χ2n) is 6.02. The number of hydrogen-bond acceptors (Lipinski definition) is 3. The molecule has 0 aliphatic rings. The fraction of sp³-hybridized carbons (Fsp3) is 0.316. The summed E-state index contributed by atoms with van der Waals surface area (Å²) in [7, 11) is 0. The lowest BCUT2D eigenvalue weighted by molar-refractivity contribution is 0.0992. The van der Waals surface area contributed by atoms with Crippen LogP contribution in [0.2, 0.25) is 0 Å². The molecule has 0 saturated heterocycles. The summed E-state index contributed by atoms with van der Waals surface area (Å²) in [5.74, 6) is 2.29. The molecule has 1 aromatic carbocycles. The maximum Gasteiger partial charge on any atom is 0.300 e. The summed E-state index contributed by atoms with van der Waals surface area (Å²) in [6.45, 7) is 6.51. The normalized spacial score (nSPS) is 12.0. The number of fused-ring (bicyclic) bond motifs is 1. The molecule has 0 aliphatic heterocycles. The molecule has 0 N–H and O–H groups in total. The zero-order chi connectivity index (χ0) is 18.0. The summed E-state index contributed by atoms with van der Waals surface area (Å²) in [6.07, 6.45) is 8.26. The lowest BCUT2D eigenvalue weighted by atomic mass is 10.2. The number of nitrogens with zero attached hydrogens (tertiary/aromatic N) is 4. The van der Waals surface area contributed by atoms with Gasteiger partial charge in [-0.05, 0) is 44.0 Å². The van der Waals surface area contributed by atoms with E-state index in [1.165, 1.54) is 16.9 Å². The van der Waals surface area contributed by atoms with E-state index in [1.807, 2.05) is 24.5 Å². The van der Waals surface area contributed by atoms with Gasteiger partial charge in [-0.3, -0.25) is 9.48 Å². The summed E-state index contributed by atoms with van der Waals surface area (Å²) in [5.41, 5.74) is 2.59. The molecule has 0 radical (unpaired) electrons. The van der Waals surface area contributed by atoms with E-state index in [0.29, 0.717) is 17.0 Å². The van der Waals surface area contributed by atoms with Gasteiger partial charge in [0.2, 0.25) is 0 Å². The number of carbonyl (C=O) groups is 1. The van der Waals surface area contributed by atoms with Crippen molar-refractivity contribution in [1.82, 2.24) is 14.3 Å². The standard InChI is InChI=1S/C19H20N4OS/c1-5-10-22-16-8-7-14(6-2)12-17(16)25-19(22)20-18(24)15-9-11-23(21-15)13(3)4/h1,7-9,11-13H,6,10H2,2-4H3. The van der Waals surface area contributed by atoms with Gasteiger partial charge in [-0.2, -0.15) is 10.1 Å². The third-order valence-electron chi connectivity index (χ3n) is 3.96. The number of hydrogen-bond donors (Lipinski definition) is 0. The maximum atomic E-state index is 12.5. The molecule has 0 spiro atoms. The van der Waals surface area contributed by atoms with Gasteiger partial charge in [0.1, 0.15) is 0 Å². The smallest absolute Gasteiger partial charge is 0.300 e. The Kier molecular flexibility index (Phi) is 4.86. The second-order valence-corrected chi connectivity index (χ2v) is 7.03. The van der Waals surface area contributed by atoms with Gasteiger partial charge >= 0.3 is 0 Å². The van der Waals surface area contributed by atoms with Crippen LogP contribution < -0.4 is 4.80 Å². The molecule has 0 aliphatic carbocycles. The molecule has 5 nitrogen and oxygen atoms in total. The van der Waals surface area contributed by atoms with E-state index in [-0.39, 0.29) is 11.9 Å². The van der Waals surface area contributed by atoms with Crippen molar-refractivity contribution in [2.24, 2.45) is 4.99 Å². The summed E-state index contributed by atoms with van der Waals surface area (Å²) in [6, 6.07) is 8.14. The van der Waals surface area contributed by atoms with Crippen LogP contribution in [0.25, 0.3) is 10.2 Å². The number of benzene rings is 1. The van der Waals surface area contributed by atoms with Crippen LogP contribution in [0, 0.1) is 12.3 Å². The molecular weight excluding hydrogens is 332 g/mol. The maximum absolute atomic E-state index is 12.5. The molecule has 0 fully saturated rings. The van der Waals surface area contributed by atoms with Crippen LogP contribution in [0.15, 0.2) is 35.5 Å². The second kappa shape index (κ2) is 7.08. The zero-order valence-corrected chi connectivity index (χ0v) is 15.4. The van der Waals surface area contributed by atoms with Gasteiger partial charge in [-0.1, -0.05) is 30.2 Å². The molecule has 2 aromatic heterocycles. The van der Waals surface area contributed by atoms with Crippen LogP contribution >= 0.6 is 11.3 Å². The van der Waals surface area contributed by atoms with Crippen LogP contribution in [0.4, 0.5) is 0 Å². The van der Waals surface area contributed by atoms with Gasteiger partial charge in [0.15, 0.2) is 10.5 Å². The number of terminal acetylenes is 1. The van der Waals surface area contributed by atoms with Crippen molar-refractivity contribution in [2.45, 2.75) is 39.8 Å². The molecule has 6 heteroatoms. The van der Waals surface area contributed by atoms with Crippen LogP contribution in [-0.4, -0.2) is 20.3 Å². The summed E-state index contributed by atoms with van der Waals surface area (Å²) < 4.78 is 4.72. The molecule has 0 bridgehead atoms. The van der Waals surface area contributed by atoms with E-state index in [2.05, 4.69) is 35.1 Å². The van der Waals surface area contributed by atoms with E-state index < -0.39 is 0 Å². The van der Waals surface area contributed by atoms with E-state index in [4.69, 9.17) is 6.42 Å². The van der Waals surface area contributed by atoms with Gasteiger partial charge < -0.3 is 4.57 Å². The molecule has 0 unspecified atom stereocenters. The van der Waals surface area contributed by atoms with Crippen LogP contribution in [0.1, 0.15) is 42.9 Å². The topological polar surface area (TPSA) is 52.2 Å². The minimum absolute atomic E-state index is 0.199. The SMILES string of the molecule is C#CCn1c(=NC(=O)c2ccn(C(C)C)n2)sc2cc(CC)ccc21. The average Bonchev–Trinajstić information content (AvgIpc) is 3.20. The van der Waals surface area contributed by atoms with Crippen LogP contribution in [0.3, 0.4) is 0 Å².